The second kappa shape index (κ2) is 7.78. The van der Waals surface area contributed by atoms with E-state index in [-0.39, 0.29) is 18.0 Å². The highest BCUT2D eigenvalue weighted by Crippen LogP contribution is 2.29. The second-order valence-corrected chi connectivity index (χ2v) is 5.97. The van der Waals surface area contributed by atoms with Crippen LogP contribution in [0.4, 0.5) is 4.39 Å². The van der Waals surface area contributed by atoms with E-state index < -0.39 is 0 Å². The first-order valence-electron chi connectivity index (χ1n) is 8.11. The van der Waals surface area contributed by atoms with Gasteiger partial charge in [0.25, 0.3) is 0 Å². The van der Waals surface area contributed by atoms with E-state index in [9.17, 15) is 9.50 Å². The van der Waals surface area contributed by atoms with Crippen molar-refractivity contribution in [3.63, 3.8) is 0 Å². The molecule has 1 fully saturated rings. The van der Waals surface area contributed by atoms with Crippen LogP contribution in [0.15, 0.2) is 24.3 Å². The first-order chi connectivity index (χ1) is 11.7. The predicted octanol–water partition coefficient (Wildman–Crippen LogP) is 1.00. The molecule has 7 nitrogen and oxygen atoms in total. The van der Waals surface area contributed by atoms with Crippen molar-refractivity contribution in [2.75, 3.05) is 26.8 Å². The van der Waals surface area contributed by atoms with Crippen molar-refractivity contribution in [2.24, 2.45) is 0 Å². The predicted molar refractivity (Wildman–Crippen MR) is 84.7 cm³/mol. The van der Waals surface area contributed by atoms with Crippen LogP contribution in [0.3, 0.4) is 0 Å². The van der Waals surface area contributed by atoms with Gasteiger partial charge < -0.3 is 9.84 Å². The Labute approximate surface area is 140 Å². The van der Waals surface area contributed by atoms with E-state index in [4.69, 9.17) is 4.74 Å². The number of hydrogen-bond acceptors (Lipinski definition) is 6. The third kappa shape index (κ3) is 3.77. The molecule has 1 saturated heterocycles. The standard InChI is InChI=1S/C16H22FN5O2/c1-24-11-10-22-16(18-19-20-22)15(12-2-4-13(17)5-3-12)21-8-6-14(23)7-9-21/h2-5,14-15,23H,6-11H2,1H3/t15-/m1/s1. The summed E-state index contributed by atoms with van der Waals surface area (Å²) in [5.74, 6) is 0.431. The molecule has 130 valence electrons. The van der Waals surface area contributed by atoms with Gasteiger partial charge in [-0.15, -0.1) is 5.10 Å². The van der Waals surface area contributed by atoms with E-state index in [1.165, 1.54) is 12.1 Å². The van der Waals surface area contributed by atoms with Gasteiger partial charge in [-0.25, -0.2) is 9.07 Å². The van der Waals surface area contributed by atoms with Gasteiger partial charge in [-0.1, -0.05) is 12.1 Å². The van der Waals surface area contributed by atoms with Crippen molar-refractivity contribution >= 4 is 0 Å². The maximum atomic E-state index is 13.3. The molecule has 8 heteroatoms. The Balaban J connectivity index is 1.92. The van der Waals surface area contributed by atoms with Crippen LogP contribution in [-0.4, -0.2) is 63.1 Å². The SMILES string of the molecule is COCCn1nnnc1[C@@H](c1ccc(F)cc1)N1CCC(O)CC1. The average molecular weight is 335 g/mol. The summed E-state index contributed by atoms with van der Waals surface area (Å²) in [5, 5.41) is 21.8. The summed E-state index contributed by atoms with van der Waals surface area (Å²) in [4.78, 5) is 2.23. The number of piperidine rings is 1. The van der Waals surface area contributed by atoms with Crippen LogP contribution < -0.4 is 0 Å². The quantitative estimate of drug-likeness (QED) is 0.849. The minimum Gasteiger partial charge on any atom is -0.393 e. The van der Waals surface area contributed by atoms with Gasteiger partial charge in [-0.2, -0.15) is 0 Å². The topological polar surface area (TPSA) is 76.3 Å². The van der Waals surface area contributed by atoms with Crippen LogP contribution in [0.25, 0.3) is 0 Å². The van der Waals surface area contributed by atoms with E-state index in [0.717, 1.165) is 18.7 Å². The Morgan fingerprint density at radius 1 is 1.29 bits per heavy atom. The molecule has 0 radical (unpaired) electrons. The second-order valence-electron chi connectivity index (χ2n) is 5.97. The van der Waals surface area contributed by atoms with Crippen molar-refractivity contribution < 1.29 is 14.2 Å². The number of aliphatic hydroxyl groups excluding tert-OH is 1. The molecule has 1 N–H and O–H groups in total. The molecule has 0 spiro atoms. The van der Waals surface area contributed by atoms with Gasteiger partial charge >= 0.3 is 0 Å². The summed E-state index contributed by atoms with van der Waals surface area (Å²) in [7, 11) is 1.63. The van der Waals surface area contributed by atoms with Crippen molar-refractivity contribution in [3.05, 3.63) is 41.5 Å². The normalized spacial score (nSPS) is 18.0. The molecule has 24 heavy (non-hydrogen) atoms. The van der Waals surface area contributed by atoms with Crippen molar-refractivity contribution in [1.29, 1.82) is 0 Å². The maximum absolute atomic E-state index is 13.3. The molecule has 1 atom stereocenters. The molecule has 1 aliphatic heterocycles. The molecular weight excluding hydrogens is 313 g/mol. The fourth-order valence-corrected chi connectivity index (χ4v) is 3.06. The lowest BCUT2D eigenvalue weighted by atomic mass is 10.00. The van der Waals surface area contributed by atoms with Crippen LogP contribution in [0.5, 0.6) is 0 Å². The van der Waals surface area contributed by atoms with Gasteiger partial charge in [0.15, 0.2) is 5.82 Å². The van der Waals surface area contributed by atoms with Gasteiger partial charge in [-0.05, 0) is 41.0 Å². The molecule has 1 aliphatic rings. The monoisotopic (exact) mass is 335 g/mol. The maximum Gasteiger partial charge on any atom is 0.173 e. The van der Waals surface area contributed by atoms with Crippen LogP contribution in [0.2, 0.25) is 0 Å². The van der Waals surface area contributed by atoms with Crippen molar-refractivity contribution in [2.45, 2.75) is 31.5 Å². The summed E-state index contributed by atoms with van der Waals surface area (Å²) >= 11 is 0. The van der Waals surface area contributed by atoms with Crippen LogP contribution >= 0.6 is 0 Å². The van der Waals surface area contributed by atoms with Crippen LogP contribution in [-0.2, 0) is 11.3 Å². The lowest BCUT2D eigenvalue weighted by molar-refractivity contribution is 0.0656. The molecule has 0 saturated carbocycles. The van der Waals surface area contributed by atoms with Crippen molar-refractivity contribution in [1.82, 2.24) is 25.1 Å². The molecule has 2 aromatic rings. The number of rotatable bonds is 6. The van der Waals surface area contributed by atoms with E-state index in [1.807, 2.05) is 0 Å². The highest BCUT2D eigenvalue weighted by molar-refractivity contribution is 5.25. The Morgan fingerprint density at radius 2 is 2.00 bits per heavy atom. The highest BCUT2D eigenvalue weighted by Gasteiger charge is 2.30. The lowest BCUT2D eigenvalue weighted by Gasteiger charge is -2.35. The summed E-state index contributed by atoms with van der Waals surface area (Å²) in [5.41, 5.74) is 0.932. The summed E-state index contributed by atoms with van der Waals surface area (Å²) in [6.45, 7) is 2.53. The van der Waals surface area contributed by atoms with Gasteiger partial charge in [0.05, 0.1) is 25.3 Å². The molecule has 2 heterocycles. The Morgan fingerprint density at radius 3 is 2.67 bits per heavy atom. The fraction of sp³-hybridized carbons (Fsp3) is 0.562. The highest BCUT2D eigenvalue weighted by atomic mass is 19.1. The largest absolute Gasteiger partial charge is 0.393 e. The number of hydrogen-bond donors (Lipinski definition) is 1. The van der Waals surface area contributed by atoms with Gasteiger partial charge in [0.1, 0.15) is 5.82 Å². The zero-order chi connectivity index (χ0) is 16.9. The number of likely N-dealkylation sites (tertiary alicyclic amines) is 1. The average Bonchev–Trinajstić information content (AvgIpc) is 3.05. The third-order valence-electron chi connectivity index (χ3n) is 4.36. The summed E-state index contributed by atoms with van der Waals surface area (Å²) in [6.07, 6.45) is 1.15. The Hall–Kier alpha value is -1.90. The first kappa shape index (κ1) is 16.9. The lowest BCUT2D eigenvalue weighted by Crippen LogP contribution is -2.40. The first-order valence-corrected chi connectivity index (χ1v) is 8.11. The molecule has 0 unspecified atom stereocenters. The van der Waals surface area contributed by atoms with Gasteiger partial charge in [-0.3, -0.25) is 4.90 Å². The van der Waals surface area contributed by atoms with Gasteiger partial charge in [0.2, 0.25) is 0 Å². The molecule has 0 bridgehead atoms. The van der Waals surface area contributed by atoms with Crippen molar-refractivity contribution in [3.8, 4) is 0 Å². The summed E-state index contributed by atoms with van der Waals surface area (Å²) in [6, 6.07) is 6.25. The van der Waals surface area contributed by atoms with E-state index >= 15 is 0 Å². The molecule has 0 amide bonds. The number of methoxy groups -OCH3 is 1. The zero-order valence-electron chi connectivity index (χ0n) is 13.7. The molecule has 1 aromatic carbocycles. The number of halogens is 1. The van der Waals surface area contributed by atoms with E-state index in [0.29, 0.717) is 31.8 Å². The minimum absolute atomic E-state index is 0.176. The minimum atomic E-state index is -0.273. The Kier molecular flexibility index (Phi) is 5.49. The molecule has 0 aliphatic carbocycles. The number of nitrogens with zero attached hydrogens (tertiary/aromatic N) is 5. The number of tetrazole rings is 1. The molecular formula is C16H22FN5O2. The number of benzene rings is 1. The molecule has 1 aromatic heterocycles. The van der Waals surface area contributed by atoms with Crippen LogP contribution in [0, 0.1) is 5.82 Å². The third-order valence-corrected chi connectivity index (χ3v) is 4.36. The number of aliphatic hydroxyl groups is 1. The smallest absolute Gasteiger partial charge is 0.173 e. The Bertz CT molecular complexity index is 640. The number of aromatic nitrogens is 4. The zero-order valence-corrected chi connectivity index (χ0v) is 13.7. The fourth-order valence-electron chi connectivity index (χ4n) is 3.06. The summed E-state index contributed by atoms with van der Waals surface area (Å²) < 4.78 is 20.2. The van der Waals surface area contributed by atoms with E-state index in [2.05, 4.69) is 20.4 Å². The number of ether oxygens (including phenoxy) is 1. The van der Waals surface area contributed by atoms with Gasteiger partial charge in [0, 0.05) is 20.2 Å². The van der Waals surface area contributed by atoms with Crippen LogP contribution in [0.1, 0.15) is 30.3 Å². The molecule has 3 rings (SSSR count). The van der Waals surface area contributed by atoms with E-state index in [1.54, 1.807) is 23.9 Å².